The summed E-state index contributed by atoms with van der Waals surface area (Å²) in [4.78, 5) is 23.4. The van der Waals surface area contributed by atoms with Gasteiger partial charge >= 0.3 is 11.9 Å². The molecule has 0 N–H and O–H groups in total. The van der Waals surface area contributed by atoms with Crippen LogP contribution in [0.2, 0.25) is 0 Å². The molecule has 1 aliphatic carbocycles. The van der Waals surface area contributed by atoms with Crippen molar-refractivity contribution in [3.05, 3.63) is 12.2 Å². The second-order valence-electron chi connectivity index (χ2n) is 5.39. The first-order valence-electron chi connectivity index (χ1n) is 6.03. The average Bonchev–Trinajstić information content (AvgIpc) is 2.57. The SMILES string of the molecule is CC1(C)COC(=O)[C@H]1OC(=O)[C@H]1CC=CCC1. The lowest BCUT2D eigenvalue weighted by Crippen LogP contribution is -2.37. The van der Waals surface area contributed by atoms with Crippen molar-refractivity contribution in [2.75, 3.05) is 6.61 Å². The van der Waals surface area contributed by atoms with E-state index in [9.17, 15) is 9.59 Å². The lowest BCUT2D eigenvalue weighted by atomic mass is 9.89. The predicted molar refractivity (Wildman–Crippen MR) is 61.1 cm³/mol. The number of rotatable bonds is 2. The van der Waals surface area contributed by atoms with Crippen LogP contribution in [0.1, 0.15) is 33.1 Å². The van der Waals surface area contributed by atoms with Crippen LogP contribution in [-0.2, 0) is 19.1 Å². The van der Waals surface area contributed by atoms with Crippen molar-refractivity contribution in [1.29, 1.82) is 0 Å². The summed E-state index contributed by atoms with van der Waals surface area (Å²) in [7, 11) is 0. The standard InChI is InChI=1S/C13H18O4/c1-13(2)8-16-12(15)10(13)17-11(14)9-6-4-3-5-7-9/h3-4,9-10H,5-8H2,1-2H3/t9-,10+/m0/s1. The Kier molecular flexibility index (Phi) is 3.22. The molecule has 0 amide bonds. The summed E-state index contributed by atoms with van der Waals surface area (Å²) in [5, 5.41) is 0. The minimum Gasteiger partial charge on any atom is -0.462 e. The zero-order valence-electron chi connectivity index (χ0n) is 10.3. The summed E-state index contributed by atoms with van der Waals surface area (Å²) in [5.41, 5.74) is -0.419. The summed E-state index contributed by atoms with van der Waals surface area (Å²) in [6.07, 6.45) is 5.72. The Labute approximate surface area is 101 Å². The van der Waals surface area contributed by atoms with Gasteiger partial charge in [-0.1, -0.05) is 26.0 Å². The van der Waals surface area contributed by atoms with Gasteiger partial charge in [0.05, 0.1) is 5.92 Å². The van der Waals surface area contributed by atoms with Crippen molar-refractivity contribution in [3.63, 3.8) is 0 Å². The van der Waals surface area contributed by atoms with E-state index in [0.29, 0.717) is 13.0 Å². The molecular formula is C13H18O4. The molecule has 4 nitrogen and oxygen atoms in total. The highest BCUT2D eigenvalue weighted by molar-refractivity contribution is 5.82. The van der Waals surface area contributed by atoms with Crippen LogP contribution in [0.25, 0.3) is 0 Å². The topological polar surface area (TPSA) is 52.6 Å². The van der Waals surface area contributed by atoms with Crippen LogP contribution >= 0.6 is 0 Å². The van der Waals surface area contributed by atoms with E-state index in [4.69, 9.17) is 9.47 Å². The maximum Gasteiger partial charge on any atom is 0.348 e. The number of hydrogen-bond donors (Lipinski definition) is 0. The van der Waals surface area contributed by atoms with E-state index in [1.54, 1.807) is 0 Å². The lowest BCUT2D eigenvalue weighted by molar-refractivity contribution is -0.166. The third-order valence-electron chi connectivity index (χ3n) is 3.35. The number of cyclic esters (lactones) is 1. The highest BCUT2D eigenvalue weighted by atomic mass is 16.6. The zero-order chi connectivity index (χ0) is 12.5. The minimum atomic E-state index is -0.749. The van der Waals surface area contributed by atoms with E-state index < -0.39 is 17.5 Å². The van der Waals surface area contributed by atoms with E-state index in [1.807, 2.05) is 19.9 Å². The molecule has 2 atom stereocenters. The normalized spacial score (nSPS) is 31.1. The summed E-state index contributed by atoms with van der Waals surface area (Å²) in [6.45, 7) is 4.06. The van der Waals surface area contributed by atoms with Gasteiger partial charge in [0.2, 0.25) is 6.10 Å². The molecule has 0 aromatic heterocycles. The fourth-order valence-corrected chi connectivity index (χ4v) is 2.16. The monoisotopic (exact) mass is 238 g/mol. The molecule has 0 aromatic carbocycles. The molecule has 0 radical (unpaired) electrons. The molecule has 1 aliphatic heterocycles. The second-order valence-corrected chi connectivity index (χ2v) is 5.39. The van der Waals surface area contributed by atoms with E-state index in [2.05, 4.69) is 6.08 Å². The number of carbonyl (C=O) groups is 2. The Balaban J connectivity index is 1.98. The van der Waals surface area contributed by atoms with E-state index in [0.717, 1.165) is 12.8 Å². The molecule has 1 saturated heterocycles. The van der Waals surface area contributed by atoms with Gasteiger partial charge < -0.3 is 9.47 Å². The molecule has 1 fully saturated rings. The molecule has 0 spiro atoms. The molecule has 94 valence electrons. The van der Waals surface area contributed by atoms with Gasteiger partial charge in [0, 0.05) is 5.41 Å². The molecule has 0 unspecified atom stereocenters. The molecule has 2 rings (SSSR count). The lowest BCUT2D eigenvalue weighted by Gasteiger charge is -2.24. The van der Waals surface area contributed by atoms with Gasteiger partial charge in [-0.15, -0.1) is 0 Å². The molecule has 0 aromatic rings. The van der Waals surface area contributed by atoms with E-state index in [-0.39, 0.29) is 11.9 Å². The van der Waals surface area contributed by atoms with Crippen LogP contribution in [-0.4, -0.2) is 24.6 Å². The van der Waals surface area contributed by atoms with Crippen molar-refractivity contribution in [2.45, 2.75) is 39.2 Å². The van der Waals surface area contributed by atoms with Gasteiger partial charge in [-0.05, 0) is 19.3 Å². The molecule has 17 heavy (non-hydrogen) atoms. The van der Waals surface area contributed by atoms with Crippen molar-refractivity contribution >= 4 is 11.9 Å². The van der Waals surface area contributed by atoms with Crippen molar-refractivity contribution in [3.8, 4) is 0 Å². The number of carbonyl (C=O) groups excluding carboxylic acids is 2. The van der Waals surface area contributed by atoms with Crippen molar-refractivity contribution in [2.24, 2.45) is 11.3 Å². The van der Waals surface area contributed by atoms with Crippen molar-refractivity contribution < 1.29 is 19.1 Å². The largest absolute Gasteiger partial charge is 0.462 e. The third-order valence-corrected chi connectivity index (χ3v) is 3.35. The van der Waals surface area contributed by atoms with E-state index in [1.165, 1.54) is 0 Å². The van der Waals surface area contributed by atoms with Gasteiger partial charge in [0.25, 0.3) is 0 Å². The van der Waals surface area contributed by atoms with Gasteiger partial charge in [0.15, 0.2) is 0 Å². The second kappa shape index (κ2) is 4.51. The average molecular weight is 238 g/mol. The summed E-state index contributed by atoms with van der Waals surface area (Å²) in [5.74, 6) is -0.801. The Bertz CT molecular complexity index is 356. The Hall–Kier alpha value is -1.32. The smallest absolute Gasteiger partial charge is 0.348 e. The molecule has 2 aliphatic rings. The third kappa shape index (κ3) is 2.51. The van der Waals surface area contributed by atoms with Crippen LogP contribution in [0.3, 0.4) is 0 Å². The highest BCUT2D eigenvalue weighted by Crippen LogP contribution is 2.32. The summed E-state index contributed by atoms with van der Waals surface area (Å²) >= 11 is 0. The van der Waals surface area contributed by atoms with E-state index >= 15 is 0 Å². The van der Waals surface area contributed by atoms with Gasteiger partial charge in [-0.25, -0.2) is 4.79 Å². The highest BCUT2D eigenvalue weighted by Gasteiger charge is 2.47. The van der Waals surface area contributed by atoms with Crippen LogP contribution in [0.5, 0.6) is 0 Å². The molecule has 4 heteroatoms. The number of esters is 2. The van der Waals surface area contributed by atoms with Crippen LogP contribution in [0.15, 0.2) is 12.2 Å². The first-order chi connectivity index (χ1) is 8.00. The molecular weight excluding hydrogens is 220 g/mol. The molecule has 1 heterocycles. The number of hydrogen-bond acceptors (Lipinski definition) is 4. The molecule has 0 saturated carbocycles. The molecule has 0 bridgehead atoms. The van der Waals surface area contributed by atoms with Gasteiger partial charge in [0.1, 0.15) is 6.61 Å². The zero-order valence-corrected chi connectivity index (χ0v) is 10.3. The fraction of sp³-hybridized carbons (Fsp3) is 0.692. The Morgan fingerprint density at radius 2 is 2.24 bits per heavy atom. The first kappa shape index (κ1) is 12.1. The predicted octanol–water partition coefficient (Wildman–Crippen LogP) is 1.84. The van der Waals surface area contributed by atoms with Gasteiger partial charge in [-0.2, -0.15) is 0 Å². The van der Waals surface area contributed by atoms with Crippen LogP contribution in [0, 0.1) is 11.3 Å². The summed E-state index contributed by atoms with van der Waals surface area (Å²) in [6, 6.07) is 0. The minimum absolute atomic E-state index is 0.107. The fourth-order valence-electron chi connectivity index (χ4n) is 2.16. The van der Waals surface area contributed by atoms with Crippen LogP contribution < -0.4 is 0 Å². The van der Waals surface area contributed by atoms with Crippen LogP contribution in [0.4, 0.5) is 0 Å². The number of ether oxygens (including phenoxy) is 2. The summed E-state index contributed by atoms with van der Waals surface area (Å²) < 4.78 is 10.3. The van der Waals surface area contributed by atoms with Gasteiger partial charge in [-0.3, -0.25) is 4.79 Å². The van der Waals surface area contributed by atoms with Crippen molar-refractivity contribution in [1.82, 2.24) is 0 Å². The first-order valence-corrected chi connectivity index (χ1v) is 6.03. The number of allylic oxidation sites excluding steroid dienone is 2. The maximum atomic E-state index is 11.9. The quantitative estimate of drug-likeness (QED) is 0.544. The Morgan fingerprint density at radius 1 is 1.47 bits per heavy atom. The Morgan fingerprint density at radius 3 is 2.76 bits per heavy atom. The maximum absolute atomic E-state index is 11.9.